The summed E-state index contributed by atoms with van der Waals surface area (Å²) in [5, 5.41) is 23.8. The lowest BCUT2D eigenvalue weighted by Crippen LogP contribution is -2.57. The van der Waals surface area contributed by atoms with E-state index in [1.807, 2.05) is 0 Å². The van der Waals surface area contributed by atoms with E-state index in [2.05, 4.69) is 10.3 Å². The Hall–Kier alpha value is -2.94. The van der Waals surface area contributed by atoms with Crippen molar-refractivity contribution in [3.8, 4) is 6.07 Å². The van der Waals surface area contributed by atoms with Crippen LogP contribution >= 0.6 is 0 Å². The van der Waals surface area contributed by atoms with Gasteiger partial charge in [0.1, 0.15) is 16.2 Å². The highest BCUT2D eigenvalue weighted by molar-refractivity contribution is 7.94. The molecule has 132 valence electrons. The quantitative estimate of drug-likeness (QED) is 0.400. The Balaban J connectivity index is 1.79. The van der Waals surface area contributed by atoms with Gasteiger partial charge in [-0.3, -0.25) is 4.79 Å². The summed E-state index contributed by atoms with van der Waals surface area (Å²) in [6.45, 7) is 0.951. The third kappa shape index (κ3) is 2.35. The highest BCUT2D eigenvalue weighted by atomic mass is 32.2. The summed E-state index contributed by atoms with van der Waals surface area (Å²) in [6.07, 6.45) is 0.625. The van der Waals surface area contributed by atoms with Gasteiger partial charge in [-0.15, -0.1) is 0 Å². The molecule has 2 aliphatic heterocycles. The lowest BCUT2D eigenvalue weighted by Gasteiger charge is -2.35. The predicted molar refractivity (Wildman–Crippen MR) is 78.5 cm³/mol. The molecule has 3 atom stereocenters. The Morgan fingerprint density at radius 3 is 3.00 bits per heavy atom. The van der Waals surface area contributed by atoms with E-state index in [-0.39, 0.29) is 24.5 Å². The second kappa shape index (κ2) is 5.55. The van der Waals surface area contributed by atoms with Gasteiger partial charge in [0.05, 0.1) is 12.6 Å². The molecule has 0 aliphatic carbocycles. The van der Waals surface area contributed by atoms with Crippen molar-refractivity contribution in [2.45, 2.75) is 36.1 Å². The van der Waals surface area contributed by atoms with E-state index in [1.165, 1.54) is 13.0 Å². The van der Waals surface area contributed by atoms with Crippen molar-refractivity contribution in [1.29, 1.82) is 5.26 Å². The number of sulfone groups is 1. The number of carboxylic acids is 1. The van der Waals surface area contributed by atoms with Crippen LogP contribution in [0.15, 0.2) is 15.7 Å². The second-order valence-electron chi connectivity index (χ2n) is 5.73. The standard InChI is InChI=1S/C13H12N4O7S/c1-13(6-15-23-5-8-2-7(4-14)16-24-8)11(12(19)20)17-9(18)3-10(17)25(13,21)22/h2,6,10-11H,3,5H2,1H3,(H,19,20)/b15-6+/t10-,11+,13+/m1/s1. The number of carbonyl (C=O) groups is 2. The van der Waals surface area contributed by atoms with E-state index >= 15 is 0 Å². The number of rotatable bonds is 5. The zero-order valence-electron chi connectivity index (χ0n) is 12.8. The number of oxime groups is 1. The van der Waals surface area contributed by atoms with Crippen molar-refractivity contribution in [3.05, 3.63) is 17.5 Å². The van der Waals surface area contributed by atoms with Gasteiger partial charge in [-0.1, -0.05) is 10.3 Å². The molecule has 0 spiro atoms. The molecule has 0 unspecified atom stereocenters. The summed E-state index contributed by atoms with van der Waals surface area (Å²) < 4.78 is 28.0. The predicted octanol–water partition coefficient (Wildman–Crippen LogP) is -0.753. The molecule has 0 aromatic carbocycles. The zero-order valence-corrected chi connectivity index (χ0v) is 13.6. The smallest absolute Gasteiger partial charge is 0.328 e. The number of nitrogens with zero attached hydrogens (tertiary/aromatic N) is 4. The molecular formula is C13H12N4O7S. The summed E-state index contributed by atoms with van der Waals surface area (Å²) in [4.78, 5) is 28.9. The van der Waals surface area contributed by atoms with Crippen molar-refractivity contribution in [2.24, 2.45) is 5.16 Å². The van der Waals surface area contributed by atoms with E-state index in [0.717, 1.165) is 11.1 Å². The number of hydrogen-bond acceptors (Lipinski definition) is 9. The van der Waals surface area contributed by atoms with Gasteiger partial charge in [0.25, 0.3) is 0 Å². The highest BCUT2D eigenvalue weighted by Crippen LogP contribution is 2.45. The Kier molecular flexibility index (Phi) is 3.76. The number of aliphatic carboxylic acids is 1. The summed E-state index contributed by atoms with van der Waals surface area (Å²) >= 11 is 0. The fraction of sp³-hybridized carbons (Fsp3) is 0.462. The van der Waals surface area contributed by atoms with Crippen molar-refractivity contribution in [1.82, 2.24) is 10.1 Å². The molecule has 0 bridgehead atoms. The van der Waals surface area contributed by atoms with Crippen LogP contribution in [0.1, 0.15) is 24.8 Å². The Labute approximate surface area is 141 Å². The Morgan fingerprint density at radius 1 is 1.72 bits per heavy atom. The number of aromatic nitrogens is 1. The van der Waals surface area contributed by atoms with E-state index in [9.17, 15) is 23.1 Å². The first kappa shape index (κ1) is 16.9. The molecule has 12 heteroatoms. The molecule has 2 aliphatic rings. The minimum Gasteiger partial charge on any atom is -0.480 e. The number of carbonyl (C=O) groups excluding carboxylic acids is 1. The first-order valence-electron chi connectivity index (χ1n) is 7.02. The number of β-lactam (4-membered cyclic amide) rings is 1. The molecule has 3 heterocycles. The summed E-state index contributed by atoms with van der Waals surface area (Å²) in [5.74, 6) is -1.80. The van der Waals surface area contributed by atoms with Gasteiger partial charge in [-0.25, -0.2) is 13.2 Å². The minimum atomic E-state index is -3.98. The van der Waals surface area contributed by atoms with Crippen molar-refractivity contribution in [2.75, 3.05) is 0 Å². The van der Waals surface area contributed by atoms with Gasteiger partial charge in [0.2, 0.25) is 5.91 Å². The average Bonchev–Trinajstić information content (AvgIpc) is 3.05. The Bertz CT molecular complexity index is 915. The van der Waals surface area contributed by atoms with Gasteiger partial charge >= 0.3 is 5.97 Å². The van der Waals surface area contributed by atoms with Crippen molar-refractivity contribution < 1.29 is 32.5 Å². The van der Waals surface area contributed by atoms with Crippen LogP contribution in [0.5, 0.6) is 0 Å². The maximum absolute atomic E-state index is 12.6. The fourth-order valence-corrected chi connectivity index (χ4v) is 5.08. The van der Waals surface area contributed by atoms with Crippen LogP contribution in [0.25, 0.3) is 0 Å². The number of nitriles is 1. The highest BCUT2D eigenvalue weighted by Gasteiger charge is 2.69. The molecule has 1 aromatic rings. The third-order valence-electron chi connectivity index (χ3n) is 4.24. The lowest BCUT2D eigenvalue weighted by atomic mass is 9.98. The van der Waals surface area contributed by atoms with Crippen molar-refractivity contribution >= 4 is 27.9 Å². The maximum atomic E-state index is 12.6. The van der Waals surface area contributed by atoms with E-state index in [4.69, 9.17) is 14.6 Å². The van der Waals surface area contributed by atoms with E-state index in [0.29, 0.717) is 0 Å². The molecular weight excluding hydrogens is 356 g/mol. The maximum Gasteiger partial charge on any atom is 0.328 e. The molecule has 2 fully saturated rings. The molecule has 0 radical (unpaired) electrons. The van der Waals surface area contributed by atoms with Crippen LogP contribution in [0.4, 0.5) is 0 Å². The number of amides is 1. The molecule has 3 rings (SSSR count). The monoisotopic (exact) mass is 368 g/mol. The van der Waals surface area contributed by atoms with Crippen LogP contribution < -0.4 is 0 Å². The SMILES string of the molecule is C[C@]1(/C=N/OCc2cc(C#N)no2)[C@H](C(=O)O)N2C(=O)C[C@H]2S1(=O)=O. The average molecular weight is 368 g/mol. The van der Waals surface area contributed by atoms with Gasteiger partial charge in [0, 0.05) is 6.07 Å². The van der Waals surface area contributed by atoms with Gasteiger partial charge < -0.3 is 19.4 Å². The van der Waals surface area contributed by atoms with Crippen LogP contribution in [-0.4, -0.2) is 57.8 Å². The fourth-order valence-electron chi connectivity index (χ4n) is 2.88. The topological polar surface area (TPSA) is 163 Å². The lowest BCUT2D eigenvalue weighted by molar-refractivity contribution is -0.156. The molecule has 1 amide bonds. The molecule has 25 heavy (non-hydrogen) atoms. The first-order valence-corrected chi connectivity index (χ1v) is 8.56. The largest absolute Gasteiger partial charge is 0.480 e. The second-order valence-corrected chi connectivity index (χ2v) is 8.24. The number of carboxylic acid groups (broad SMARTS) is 1. The molecule has 1 aromatic heterocycles. The van der Waals surface area contributed by atoms with Gasteiger partial charge in [-0.05, 0) is 6.92 Å². The van der Waals surface area contributed by atoms with Crippen molar-refractivity contribution in [3.63, 3.8) is 0 Å². The summed E-state index contributed by atoms with van der Waals surface area (Å²) in [7, 11) is -3.98. The zero-order chi connectivity index (χ0) is 18.4. The third-order valence-corrected chi connectivity index (χ3v) is 6.90. The van der Waals surface area contributed by atoms with Gasteiger partial charge in [0.15, 0.2) is 33.9 Å². The van der Waals surface area contributed by atoms with E-state index < -0.39 is 37.9 Å². The van der Waals surface area contributed by atoms with Crippen LogP contribution in [-0.2, 0) is 30.9 Å². The minimum absolute atomic E-state index is 0.0433. The number of fused-ring (bicyclic) bond motifs is 1. The summed E-state index contributed by atoms with van der Waals surface area (Å²) in [6, 6.07) is 1.49. The molecule has 2 saturated heterocycles. The summed E-state index contributed by atoms with van der Waals surface area (Å²) in [5.41, 5.74) is 0.0433. The van der Waals surface area contributed by atoms with Gasteiger partial charge in [-0.2, -0.15) is 5.26 Å². The molecule has 1 N–H and O–H groups in total. The molecule has 0 saturated carbocycles. The normalized spacial score (nSPS) is 29.9. The first-order chi connectivity index (χ1) is 11.7. The van der Waals surface area contributed by atoms with Crippen LogP contribution in [0.3, 0.4) is 0 Å². The Morgan fingerprint density at radius 2 is 2.44 bits per heavy atom. The molecule has 11 nitrogen and oxygen atoms in total. The van der Waals surface area contributed by atoms with E-state index in [1.54, 1.807) is 6.07 Å². The number of hydrogen-bond donors (Lipinski definition) is 1. The van der Waals surface area contributed by atoms with Crippen LogP contribution in [0.2, 0.25) is 0 Å². The van der Waals surface area contributed by atoms with Crippen LogP contribution in [0, 0.1) is 11.3 Å².